The summed E-state index contributed by atoms with van der Waals surface area (Å²) in [5, 5.41) is 8.93. The molecule has 1 amide bonds. The van der Waals surface area contributed by atoms with Crippen molar-refractivity contribution in [3.05, 3.63) is 22.9 Å². The van der Waals surface area contributed by atoms with E-state index in [9.17, 15) is 9.59 Å². The molecule has 1 aliphatic carbocycles. The van der Waals surface area contributed by atoms with Gasteiger partial charge in [-0.1, -0.05) is 0 Å². The molecule has 1 saturated heterocycles. The van der Waals surface area contributed by atoms with Crippen LogP contribution >= 0.6 is 0 Å². The second-order valence-electron chi connectivity index (χ2n) is 5.48. The number of anilines is 1. The summed E-state index contributed by atoms with van der Waals surface area (Å²) < 4.78 is 0. The molecule has 20 heavy (non-hydrogen) atoms. The summed E-state index contributed by atoms with van der Waals surface area (Å²) >= 11 is 0. The molecule has 1 aromatic rings. The van der Waals surface area contributed by atoms with Gasteiger partial charge in [-0.3, -0.25) is 9.59 Å². The largest absolute Gasteiger partial charge is 0.481 e. The number of carboxylic acid groups (broad SMARTS) is 1. The van der Waals surface area contributed by atoms with Crippen molar-refractivity contribution < 1.29 is 14.7 Å². The van der Waals surface area contributed by atoms with Crippen molar-refractivity contribution in [2.45, 2.75) is 25.7 Å². The fourth-order valence-corrected chi connectivity index (χ4v) is 2.85. The van der Waals surface area contributed by atoms with E-state index in [-0.39, 0.29) is 5.92 Å². The third-order valence-electron chi connectivity index (χ3n) is 4.08. The highest BCUT2D eigenvalue weighted by molar-refractivity contribution is 5.98. The monoisotopic (exact) mass is 275 g/mol. The van der Waals surface area contributed by atoms with Crippen molar-refractivity contribution in [2.75, 3.05) is 18.0 Å². The van der Waals surface area contributed by atoms with Gasteiger partial charge >= 0.3 is 5.97 Å². The van der Waals surface area contributed by atoms with Gasteiger partial charge in [0.2, 0.25) is 0 Å². The van der Waals surface area contributed by atoms with E-state index >= 15 is 0 Å². The smallest absolute Gasteiger partial charge is 0.310 e. The molecule has 0 radical (unpaired) electrons. The van der Waals surface area contributed by atoms with E-state index in [2.05, 4.69) is 4.98 Å². The Morgan fingerprint density at radius 2 is 2.00 bits per heavy atom. The Labute approximate surface area is 116 Å². The summed E-state index contributed by atoms with van der Waals surface area (Å²) in [7, 11) is 0. The van der Waals surface area contributed by atoms with E-state index in [0.29, 0.717) is 24.5 Å². The molecule has 1 aromatic heterocycles. The molecule has 0 aromatic carbocycles. The third-order valence-corrected chi connectivity index (χ3v) is 4.08. The number of aryl methyl sites for hydroxylation is 2. The minimum absolute atomic E-state index is 0.381. The zero-order valence-electron chi connectivity index (χ0n) is 11.1. The number of primary amides is 1. The van der Waals surface area contributed by atoms with Gasteiger partial charge in [0.15, 0.2) is 0 Å². The second kappa shape index (κ2) is 4.77. The summed E-state index contributed by atoms with van der Waals surface area (Å²) in [4.78, 5) is 28.9. The minimum Gasteiger partial charge on any atom is -0.481 e. The van der Waals surface area contributed by atoms with Crippen LogP contribution in [0.4, 0.5) is 5.82 Å². The number of carbonyl (C=O) groups excluding carboxylic acids is 1. The van der Waals surface area contributed by atoms with E-state index < -0.39 is 11.9 Å². The maximum atomic E-state index is 11.6. The quantitative estimate of drug-likeness (QED) is 0.841. The van der Waals surface area contributed by atoms with Crippen molar-refractivity contribution in [3.63, 3.8) is 0 Å². The van der Waals surface area contributed by atoms with Crippen LogP contribution in [-0.2, 0) is 17.6 Å². The Kier molecular flexibility index (Phi) is 3.08. The number of fused-ring (bicyclic) bond motifs is 1. The van der Waals surface area contributed by atoms with Gasteiger partial charge in [0, 0.05) is 18.8 Å². The summed E-state index contributed by atoms with van der Waals surface area (Å²) in [6, 6.07) is 1.84. The van der Waals surface area contributed by atoms with Crippen molar-refractivity contribution in [3.8, 4) is 0 Å². The molecule has 0 spiro atoms. The number of carboxylic acids is 1. The fourth-order valence-electron chi connectivity index (χ4n) is 2.85. The number of nitrogens with two attached hydrogens (primary N) is 1. The Hall–Kier alpha value is -2.11. The van der Waals surface area contributed by atoms with Crippen LogP contribution in [0.2, 0.25) is 0 Å². The lowest BCUT2D eigenvalue weighted by Crippen LogP contribution is -2.51. The number of carbonyl (C=O) groups is 2. The van der Waals surface area contributed by atoms with Crippen molar-refractivity contribution in [2.24, 2.45) is 11.7 Å². The lowest BCUT2D eigenvalue weighted by Gasteiger charge is -2.38. The molecule has 0 atom stereocenters. The molecule has 3 rings (SSSR count). The predicted molar refractivity (Wildman–Crippen MR) is 72.7 cm³/mol. The predicted octanol–water partition coefficient (Wildman–Crippen LogP) is 0.580. The third kappa shape index (κ3) is 2.11. The molecule has 2 aliphatic rings. The Morgan fingerprint density at radius 1 is 1.30 bits per heavy atom. The summed E-state index contributed by atoms with van der Waals surface area (Å²) in [5.74, 6) is -1.14. The topological polar surface area (TPSA) is 96.5 Å². The Balaban J connectivity index is 1.93. The standard InChI is InChI=1S/C14H17N3O3/c15-12(18)10-5-8-3-1-2-4-11(8)16-13(10)17-6-9(7-17)14(19)20/h5,9H,1-4,6-7H2,(H2,15,18)(H,19,20). The van der Waals surface area contributed by atoms with Crippen molar-refractivity contribution in [1.82, 2.24) is 4.98 Å². The van der Waals surface area contributed by atoms with Crippen LogP contribution in [0.5, 0.6) is 0 Å². The summed E-state index contributed by atoms with van der Waals surface area (Å²) in [6.45, 7) is 0.781. The molecule has 1 fully saturated rings. The molecule has 2 heterocycles. The molecule has 106 valence electrons. The maximum Gasteiger partial charge on any atom is 0.310 e. The van der Waals surface area contributed by atoms with Crippen LogP contribution in [-0.4, -0.2) is 35.1 Å². The Bertz CT molecular complexity index is 579. The number of hydrogen-bond donors (Lipinski definition) is 2. The molecule has 0 bridgehead atoms. The van der Waals surface area contributed by atoms with E-state index in [0.717, 1.165) is 36.9 Å². The fraction of sp³-hybridized carbons (Fsp3) is 0.500. The SMILES string of the molecule is NC(=O)c1cc2c(nc1N1CC(C(=O)O)C1)CCCC2. The van der Waals surface area contributed by atoms with E-state index in [1.807, 2.05) is 11.0 Å². The number of rotatable bonds is 3. The molecular weight excluding hydrogens is 258 g/mol. The van der Waals surface area contributed by atoms with Gasteiger partial charge in [0.25, 0.3) is 5.91 Å². The van der Waals surface area contributed by atoms with E-state index in [1.54, 1.807) is 0 Å². The van der Waals surface area contributed by atoms with Crippen molar-refractivity contribution in [1.29, 1.82) is 0 Å². The molecule has 3 N–H and O–H groups in total. The van der Waals surface area contributed by atoms with Crippen LogP contribution in [0, 0.1) is 5.92 Å². The lowest BCUT2D eigenvalue weighted by molar-refractivity contribution is -0.142. The number of amides is 1. The average molecular weight is 275 g/mol. The molecule has 1 aliphatic heterocycles. The Morgan fingerprint density at radius 3 is 2.65 bits per heavy atom. The summed E-state index contributed by atoms with van der Waals surface area (Å²) in [6.07, 6.45) is 4.06. The highest BCUT2D eigenvalue weighted by atomic mass is 16.4. The molecule has 0 saturated carbocycles. The number of aromatic nitrogens is 1. The van der Waals surface area contributed by atoms with Crippen molar-refractivity contribution >= 4 is 17.7 Å². The first-order valence-electron chi connectivity index (χ1n) is 6.86. The lowest BCUT2D eigenvalue weighted by atomic mass is 9.93. The number of hydrogen-bond acceptors (Lipinski definition) is 4. The molecule has 6 nitrogen and oxygen atoms in total. The van der Waals surface area contributed by atoms with E-state index in [4.69, 9.17) is 10.8 Å². The number of aliphatic carboxylic acids is 1. The van der Waals surface area contributed by atoms with Gasteiger partial charge in [-0.2, -0.15) is 0 Å². The summed E-state index contributed by atoms with van der Waals surface area (Å²) in [5.41, 5.74) is 7.97. The van der Waals surface area contributed by atoms with Gasteiger partial charge in [0.05, 0.1) is 11.5 Å². The first-order valence-corrected chi connectivity index (χ1v) is 6.86. The minimum atomic E-state index is -0.806. The van der Waals surface area contributed by atoms with Crippen LogP contribution in [0.25, 0.3) is 0 Å². The number of pyridine rings is 1. The van der Waals surface area contributed by atoms with E-state index in [1.165, 1.54) is 0 Å². The van der Waals surface area contributed by atoms with Crippen LogP contribution in [0.3, 0.4) is 0 Å². The number of nitrogens with zero attached hydrogens (tertiary/aromatic N) is 2. The molecule has 6 heteroatoms. The van der Waals surface area contributed by atoms with Crippen LogP contribution in [0.1, 0.15) is 34.5 Å². The van der Waals surface area contributed by atoms with Gasteiger partial charge < -0.3 is 15.7 Å². The van der Waals surface area contributed by atoms with Gasteiger partial charge in [-0.15, -0.1) is 0 Å². The molecule has 0 unspecified atom stereocenters. The van der Waals surface area contributed by atoms with Gasteiger partial charge in [-0.25, -0.2) is 4.98 Å². The first kappa shape index (κ1) is 12.9. The highest BCUT2D eigenvalue weighted by Crippen LogP contribution is 2.30. The second-order valence-corrected chi connectivity index (χ2v) is 5.48. The zero-order valence-corrected chi connectivity index (χ0v) is 11.1. The molecular formula is C14H17N3O3. The van der Waals surface area contributed by atoms with Gasteiger partial charge in [-0.05, 0) is 37.3 Å². The maximum absolute atomic E-state index is 11.6. The van der Waals surface area contributed by atoms with Gasteiger partial charge in [0.1, 0.15) is 5.82 Å². The highest BCUT2D eigenvalue weighted by Gasteiger charge is 2.35. The first-order chi connectivity index (χ1) is 9.56. The normalized spacial score (nSPS) is 18.3. The average Bonchev–Trinajstić information content (AvgIpc) is 2.35. The van der Waals surface area contributed by atoms with Crippen LogP contribution < -0.4 is 10.6 Å². The zero-order chi connectivity index (χ0) is 14.3. The van der Waals surface area contributed by atoms with Crippen LogP contribution in [0.15, 0.2) is 6.07 Å².